The minimum atomic E-state index is -2.96. The zero-order chi connectivity index (χ0) is 21.7. The lowest BCUT2D eigenvalue weighted by atomic mass is 10.0. The summed E-state index contributed by atoms with van der Waals surface area (Å²) in [7, 11) is 0. The summed E-state index contributed by atoms with van der Waals surface area (Å²) in [4.78, 5) is 4.02. The van der Waals surface area contributed by atoms with Crippen molar-refractivity contribution in [3.8, 4) is 17.0 Å². The highest BCUT2D eigenvalue weighted by Gasteiger charge is 2.58. The smallest absolute Gasteiger partial charge is 0.387 e. The van der Waals surface area contributed by atoms with Crippen molar-refractivity contribution in [2.24, 2.45) is 11.8 Å². The van der Waals surface area contributed by atoms with Crippen molar-refractivity contribution in [1.29, 1.82) is 0 Å². The Morgan fingerprint density at radius 2 is 1.97 bits per heavy atom. The number of nitrogen functional groups attached to an aromatic ring is 1. The fraction of sp³-hybridized carbons (Fsp3) is 0.636. The molecule has 1 saturated heterocycles. The summed E-state index contributed by atoms with van der Waals surface area (Å²) >= 11 is 0. The summed E-state index contributed by atoms with van der Waals surface area (Å²) in [5, 5.41) is 4.82. The number of fused-ring (bicyclic) bond motifs is 1. The summed E-state index contributed by atoms with van der Waals surface area (Å²) in [6.07, 6.45) is 5.24. The molecule has 0 radical (unpaired) electrons. The van der Waals surface area contributed by atoms with E-state index >= 15 is 0 Å². The van der Waals surface area contributed by atoms with Crippen LogP contribution < -0.4 is 10.5 Å². The maximum absolute atomic E-state index is 12.7. The largest absolute Gasteiger partial charge is 0.431 e. The van der Waals surface area contributed by atoms with E-state index in [1.165, 1.54) is 11.8 Å². The van der Waals surface area contributed by atoms with Crippen LogP contribution in [0.2, 0.25) is 0 Å². The number of nitrogens with two attached hydrogens (primary N) is 1. The zero-order valence-electron chi connectivity index (χ0n) is 17.7. The number of hydrogen-bond donors (Lipinski definition) is 1. The van der Waals surface area contributed by atoms with Crippen LogP contribution in [0.1, 0.15) is 50.8 Å². The van der Waals surface area contributed by atoms with Crippen molar-refractivity contribution in [2.45, 2.75) is 63.9 Å². The molecule has 1 aliphatic heterocycles. The normalized spacial score (nSPS) is 28.4. The van der Waals surface area contributed by atoms with Gasteiger partial charge in [0.15, 0.2) is 11.6 Å². The van der Waals surface area contributed by atoms with Crippen LogP contribution in [0, 0.1) is 11.8 Å². The number of hydrogen-bond acceptors (Lipinski definition) is 6. The first kappa shape index (κ1) is 20.6. The van der Waals surface area contributed by atoms with Gasteiger partial charge in [0.1, 0.15) is 6.10 Å². The lowest BCUT2D eigenvalue weighted by Crippen LogP contribution is -2.38. The Hall–Kier alpha value is -2.26. The third-order valence-electron chi connectivity index (χ3n) is 6.90. The molecule has 0 aromatic carbocycles. The third-order valence-corrected chi connectivity index (χ3v) is 6.90. The molecule has 3 atom stereocenters. The minimum Gasteiger partial charge on any atom is -0.431 e. The topological polar surface area (TPSA) is 84.4 Å². The fourth-order valence-corrected chi connectivity index (χ4v) is 5.02. The van der Waals surface area contributed by atoms with Gasteiger partial charge < -0.3 is 19.9 Å². The highest BCUT2D eigenvalue weighted by atomic mass is 19.3. The van der Waals surface area contributed by atoms with Crippen molar-refractivity contribution in [3.63, 3.8) is 0 Å². The number of anilines is 1. The molecule has 3 unspecified atom stereocenters. The van der Waals surface area contributed by atoms with E-state index in [-0.39, 0.29) is 23.7 Å². The summed E-state index contributed by atoms with van der Waals surface area (Å²) in [6, 6.07) is 3.80. The van der Waals surface area contributed by atoms with Gasteiger partial charge in [-0.3, -0.25) is 4.68 Å². The van der Waals surface area contributed by atoms with Gasteiger partial charge >= 0.3 is 6.61 Å². The van der Waals surface area contributed by atoms with E-state index in [1.54, 1.807) is 6.20 Å². The van der Waals surface area contributed by atoms with Gasteiger partial charge in [-0.25, -0.2) is 4.98 Å². The molecule has 0 amide bonds. The van der Waals surface area contributed by atoms with Gasteiger partial charge in [0, 0.05) is 29.4 Å². The highest BCUT2D eigenvalue weighted by molar-refractivity contribution is 5.64. The van der Waals surface area contributed by atoms with Gasteiger partial charge in [0.25, 0.3) is 0 Å². The molecule has 5 rings (SSSR count). The predicted octanol–water partition coefficient (Wildman–Crippen LogP) is 4.01. The number of nitrogens with zero attached hydrogens (tertiary/aromatic N) is 3. The Balaban J connectivity index is 1.37. The van der Waals surface area contributed by atoms with E-state index in [4.69, 9.17) is 20.3 Å². The molecule has 31 heavy (non-hydrogen) atoms. The standard InChI is InChI=1S/C22H28F2N4O3/c1-3-11(2)28-18(20-15-5-13(6-16(15)20)30-14-9-29-10-14)7-17(27-28)12-4-19(31-22(23)24)21(25)26-8-12/h4,7-8,11,13-16,20,22H,3,5-6,9-10H2,1-2H3,(H2,25,26). The molecule has 3 heterocycles. The first-order valence-electron chi connectivity index (χ1n) is 11.0. The van der Waals surface area contributed by atoms with Crippen LogP contribution in [0.25, 0.3) is 11.3 Å². The second kappa shape index (κ2) is 8.02. The molecule has 2 aliphatic carbocycles. The van der Waals surface area contributed by atoms with Crippen LogP contribution in [-0.2, 0) is 9.47 Å². The van der Waals surface area contributed by atoms with E-state index < -0.39 is 6.61 Å². The first-order chi connectivity index (χ1) is 14.9. The van der Waals surface area contributed by atoms with E-state index in [2.05, 4.69) is 34.3 Å². The van der Waals surface area contributed by atoms with E-state index in [9.17, 15) is 8.78 Å². The van der Waals surface area contributed by atoms with Crippen LogP contribution in [0.15, 0.2) is 18.3 Å². The average molecular weight is 434 g/mol. The number of aromatic nitrogens is 3. The molecule has 2 saturated carbocycles. The van der Waals surface area contributed by atoms with Gasteiger partial charge in [0.05, 0.1) is 25.0 Å². The lowest BCUT2D eigenvalue weighted by molar-refractivity contribution is -0.154. The van der Waals surface area contributed by atoms with Gasteiger partial charge in [-0.2, -0.15) is 13.9 Å². The molecule has 9 heteroatoms. The molecule has 0 bridgehead atoms. The molecule has 2 aromatic heterocycles. The molecular weight excluding hydrogens is 406 g/mol. The molecule has 2 N–H and O–H groups in total. The molecule has 168 valence electrons. The lowest BCUT2D eigenvalue weighted by Gasteiger charge is -2.30. The van der Waals surface area contributed by atoms with Crippen molar-refractivity contribution in [2.75, 3.05) is 18.9 Å². The third kappa shape index (κ3) is 3.89. The number of halogens is 2. The Bertz CT molecular complexity index is 937. The van der Waals surface area contributed by atoms with Gasteiger partial charge in [-0.05, 0) is 50.2 Å². The van der Waals surface area contributed by atoms with E-state index in [0.29, 0.717) is 48.3 Å². The van der Waals surface area contributed by atoms with Gasteiger partial charge in [-0.15, -0.1) is 0 Å². The number of pyridine rings is 1. The maximum atomic E-state index is 12.7. The molecule has 2 aromatic rings. The second-order valence-electron chi connectivity index (χ2n) is 8.88. The SMILES string of the molecule is CCC(C)n1nc(-c2cnc(N)c(OC(F)F)c2)cc1C1C2CC(OC3COC3)CC21. The molecular formula is C22H28F2N4O3. The van der Waals surface area contributed by atoms with Crippen LogP contribution in [0.5, 0.6) is 5.75 Å². The quantitative estimate of drug-likeness (QED) is 0.676. The Labute approximate surface area is 179 Å². The number of alkyl halides is 2. The summed E-state index contributed by atoms with van der Waals surface area (Å²) < 4.78 is 43.3. The molecule has 3 fully saturated rings. The van der Waals surface area contributed by atoms with Gasteiger partial charge in [0.2, 0.25) is 0 Å². The van der Waals surface area contributed by atoms with Crippen molar-refractivity contribution in [1.82, 2.24) is 14.8 Å². The predicted molar refractivity (Wildman–Crippen MR) is 110 cm³/mol. The summed E-state index contributed by atoms with van der Waals surface area (Å²) in [5.74, 6) is 1.49. The monoisotopic (exact) mass is 434 g/mol. The van der Waals surface area contributed by atoms with Gasteiger partial charge in [-0.1, -0.05) is 6.92 Å². The van der Waals surface area contributed by atoms with Crippen molar-refractivity contribution in [3.05, 3.63) is 24.0 Å². The Morgan fingerprint density at radius 3 is 2.58 bits per heavy atom. The van der Waals surface area contributed by atoms with Crippen LogP contribution in [-0.4, -0.2) is 46.8 Å². The summed E-state index contributed by atoms with van der Waals surface area (Å²) in [5.41, 5.74) is 8.21. The van der Waals surface area contributed by atoms with Crippen LogP contribution in [0.4, 0.5) is 14.6 Å². The van der Waals surface area contributed by atoms with E-state index in [0.717, 1.165) is 19.3 Å². The minimum absolute atomic E-state index is 0.0646. The molecule has 0 spiro atoms. The number of rotatable bonds is 8. The van der Waals surface area contributed by atoms with Crippen LogP contribution in [0.3, 0.4) is 0 Å². The van der Waals surface area contributed by atoms with Crippen LogP contribution >= 0.6 is 0 Å². The first-order valence-corrected chi connectivity index (χ1v) is 11.0. The van der Waals surface area contributed by atoms with Crippen molar-refractivity contribution < 1.29 is 23.0 Å². The highest BCUT2D eigenvalue weighted by Crippen LogP contribution is 2.64. The Kier molecular flexibility index (Phi) is 5.34. The zero-order valence-corrected chi connectivity index (χ0v) is 17.7. The molecule has 3 aliphatic rings. The van der Waals surface area contributed by atoms with E-state index in [1.807, 2.05) is 0 Å². The second-order valence-corrected chi connectivity index (χ2v) is 8.88. The molecule has 7 nitrogen and oxygen atoms in total. The fourth-order valence-electron chi connectivity index (χ4n) is 5.02. The van der Waals surface area contributed by atoms with Crippen molar-refractivity contribution >= 4 is 5.82 Å². The summed E-state index contributed by atoms with van der Waals surface area (Å²) in [6.45, 7) is 2.75. The average Bonchev–Trinajstić information content (AvgIpc) is 3.07. The maximum Gasteiger partial charge on any atom is 0.387 e. The number of ether oxygens (including phenoxy) is 3. The Morgan fingerprint density at radius 1 is 1.23 bits per heavy atom.